The molecule has 0 fully saturated rings. The SMILES string of the molecule is CCCNc1ccc(C(F)(F)C(F)(F)C(F)F)cc1N. The van der Waals surface area contributed by atoms with E-state index < -0.39 is 23.8 Å². The molecule has 0 spiro atoms. The third-order valence-electron chi connectivity index (χ3n) is 2.67. The summed E-state index contributed by atoms with van der Waals surface area (Å²) >= 11 is 0. The third kappa shape index (κ3) is 2.94. The number of hydrogen-bond donors (Lipinski definition) is 2. The minimum Gasteiger partial charge on any atom is -0.397 e. The van der Waals surface area contributed by atoms with Crippen molar-refractivity contribution in [3.8, 4) is 0 Å². The lowest BCUT2D eigenvalue weighted by atomic mass is 10.0. The van der Waals surface area contributed by atoms with Gasteiger partial charge in [0.25, 0.3) is 0 Å². The first-order valence-corrected chi connectivity index (χ1v) is 5.82. The van der Waals surface area contributed by atoms with Crippen molar-refractivity contribution in [2.75, 3.05) is 17.6 Å². The molecule has 0 radical (unpaired) electrons. The molecule has 114 valence electrons. The van der Waals surface area contributed by atoms with Crippen LogP contribution in [0, 0.1) is 0 Å². The summed E-state index contributed by atoms with van der Waals surface area (Å²) in [6.45, 7) is 2.36. The van der Waals surface area contributed by atoms with Crippen molar-refractivity contribution in [1.82, 2.24) is 0 Å². The molecule has 3 N–H and O–H groups in total. The zero-order chi connectivity index (χ0) is 15.6. The van der Waals surface area contributed by atoms with Crippen LogP contribution in [0.1, 0.15) is 18.9 Å². The van der Waals surface area contributed by atoms with Gasteiger partial charge in [-0.15, -0.1) is 0 Å². The van der Waals surface area contributed by atoms with Crippen LogP contribution < -0.4 is 11.1 Å². The van der Waals surface area contributed by atoms with Gasteiger partial charge in [-0.1, -0.05) is 13.0 Å². The Kier molecular flexibility index (Phi) is 4.77. The number of nitrogens with one attached hydrogen (secondary N) is 1. The number of halogens is 6. The Morgan fingerprint density at radius 1 is 1.20 bits per heavy atom. The number of rotatable bonds is 6. The van der Waals surface area contributed by atoms with E-state index in [1.54, 1.807) is 0 Å². The molecular formula is C12H14F6N2. The Hall–Kier alpha value is -1.60. The molecule has 1 rings (SSSR count). The first kappa shape index (κ1) is 16.5. The lowest BCUT2D eigenvalue weighted by molar-refractivity contribution is -0.270. The molecule has 2 nitrogen and oxygen atoms in total. The van der Waals surface area contributed by atoms with Crippen molar-refractivity contribution >= 4 is 11.4 Å². The van der Waals surface area contributed by atoms with E-state index in [-0.39, 0.29) is 11.4 Å². The minimum atomic E-state index is -5.46. The number of nitrogen functional groups attached to an aromatic ring is 1. The molecule has 1 aromatic rings. The highest BCUT2D eigenvalue weighted by atomic mass is 19.3. The highest BCUT2D eigenvalue weighted by Gasteiger charge is 2.63. The van der Waals surface area contributed by atoms with Gasteiger partial charge in [0.15, 0.2) is 0 Å². The van der Waals surface area contributed by atoms with Crippen LogP contribution in [0.15, 0.2) is 18.2 Å². The van der Waals surface area contributed by atoms with Gasteiger partial charge in [0, 0.05) is 12.1 Å². The Morgan fingerprint density at radius 3 is 2.25 bits per heavy atom. The average molecular weight is 300 g/mol. The predicted molar refractivity (Wildman–Crippen MR) is 64.5 cm³/mol. The second-order valence-electron chi connectivity index (χ2n) is 4.23. The second-order valence-corrected chi connectivity index (χ2v) is 4.23. The molecule has 0 atom stereocenters. The molecule has 0 aliphatic heterocycles. The van der Waals surface area contributed by atoms with Crippen molar-refractivity contribution in [2.24, 2.45) is 0 Å². The summed E-state index contributed by atoms with van der Waals surface area (Å²) in [5.41, 5.74) is 4.28. The monoisotopic (exact) mass is 300 g/mol. The van der Waals surface area contributed by atoms with Crippen molar-refractivity contribution in [3.05, 3.63) is 23.8 Å². The van der Waals surface area contributed by atoms with Gasteiger partial charge in [-0.2, -0.15) is 17.6 Å². The predicted octanol–water partition coefficient (Wildman–Crippen LogP) is 4.08. The van der Waals surface area contributed by atoms with Gasteiger partial charge in [-0.25, -0.2) is 8.78 Å². The summed E-state index contributed by atoms with van der Waals surface area (Å²) < 4.78 is 76.8. The maximum Gasteiger partial charge on any atom is 0.373 e. The van der Waals surface area contributed by atoms with Gasteiger partial charge in [0.1, 0.15) is 0 Å². The fraction of sp³-hybridized carbons (Fsp3) is 0.500. The standard InChI is InChI=1S/C12H14F6N2/c1-2-5-20-9-4-3-7(6-8(9)19)11(15,16)12(17,18)10(13)14/h3-4,6,10,20H,2,5,19H2,1H3. The van der Waals surface area contributed by atoms with Gasteiger partial charge in [-0.3, -0.25) is 0 Å². The molecule has 0 saturated heterocycles. The maximum atomic E-state index is 13.4. The molecule has 20 heavy (non-hydrogen) atoms. The van der Waals surface area contributed by atoms with Crippen LogP contribution in [0.3, 0.4) is 0 Å². The molecule has 1 aromatic carbocycles. The Labute approximate surface area is 112 Å². The van der Waals surface area contributed by atoms with E-state index >= 15 is 0 Å². The molecule has 0 aliphatic carbocycles. The average Bonchev–Trinajstić information content (AvgIpc) is 2.36. The van der Waals surface area contributed by atoms with Crippen LogP contribution in [0.4, 0.5) is 37.7 Å². The van der Waals surface area contributed by atoms with E-state index in [4.69, 9.17) is 5.73 Å². The van der Waals surface area contributed by atoms with Gasteiger partial charge in [0.2, 0.25) is 0 Å². The molecule has 0 aliphatic rings. The van der Waals surface area contributed by atoms with E-state index in [0.29, 0.717) is 18.7 Å². The smallest absolute Gasteiger partial charge is 0.373 e. The van der Waals surface area contributed by atoms with Gasteiger partial charge in [0.05, 0.1) is 11.4 Å². The second kappa shape index (κ2) is 5.80. The third-order valence-corrected chi connectivity index (χ3v) is 2.67. The minimum absolute atomic E-state index is 0.208. The Bertz CT molecular complexity index is 461. The molecule has 0 aromatic heterocycles. The lowest BCUT2D eigenvalue weighted by Crippen LogP contribution is -2.44. The van der Waals surface area contributed by atoms with Gasteiger partial charge >= 0.3 is 18.3 Å². The van der Waals surface area contributed by atoms with Crippen LogP contribution in [0.5, 0.6) is 0 Å². The van der Waals surface area contributed by atoms with Crippen LogP contribution in [0.25, 0.3) is 0 Å². The maximum absolute atomic E-state index is 13.4. The van der Waals surface area contributed by atoms with E-state index in [1.807, 2.05) is 6.92 Å². The quantitative estimate of drug-likeness (QED) is 0.613. The molecule has 8 heteroatoms. The molecule has 0 heterocycles. The number of benzene rings is 1. The summed E-state index contributed by atoms with van der Waals surface area (Å²) in [6.07, 6.45) is -3.74. The number of hydrogen-bond acceptors (Lipinski definition) is 2. The zero-order valence-corrected chi connectivity index (χ0v) is 10.6. The summed E-state index contributed by atoms with van der Waals surface area (Å²) in [7, 11) is 0. The number of anilines is 2. The fourth-order valence-corrected chi connectivity index (χ4v) is 1.51. The van der Waals surface area contributed by atoms with Gasteiger partial charge < -0.3 is 11.1 Å². The Balaban J connectivity index is 3.11. The van der Waals surface area contributed by atoms with Crippen molar-refractivity contribution in [3.63, 3.8) is 0 Å². The lowest BCUT2D eigenvalue weighted by Gasteiger charge is -2.26. The zero-order valence-electron chi connectivity index (χ0n) is 10.6. The fourth-order valence-electron chi connectivity index (χ4n) is 1.51. The van der Waals surface area contributed by atoms with Crippen LogP contribution in [0.2, 0.25) is 0 Å². The van der Waals surface area contributed by atoms with Crippen LogP contribution in [-0.4, -0.2) is 18.9 Å². The molecule has 0 unspecified atom stereocenters. The summed E-state index contributed by atoms with van der Waals surface area (Å²) in [5, 5.41) is 2.80. The molecule has 0 amide bonds. The molecule has 0 saturated carbocycles. The van der Waals surface area contributed by atoms with Crippen molar-refractivity contribution < 1.29 is 26.3 Å². The van der Waals surface area contributed by atoms with E-state index in [9.17, 15) is 26.3 Å². The summed E-state index contributed by atoms with van der Waals surface area (Å²) in [6, 6.07) is 2.30. The topological polar surface area (TPSA) is 38.0 Å². The largest absolute Gasteiger partial charge is 0.397 e. The highest BCUT2D eigenvalue weighted by Crippen LogP contribution is 2.47. The summed E-state index contributed by atoms with van der Waals surface area (Å²) in [4.78, 5) is 0. The van der Waals surface area contributed by atoms with Crippen LogP contribution in [-0.2, 0) is 5.92 Å². The van der Waals surface area contributed by atoms with E-state index in [2.05, 4.69) is 5.32 Å². The summed E-state index contributed by atoms with van der Waals surface area (Å²) in [5.74, 6) is -10.5. The van der Waals surface area contributed by atoms with E-state index in [0.717, 1.165) is 12.5 Å². The number of alkyl halides is 6. The molecule has 0 bridgehead atoms. The molecular weight excluding hydrogens is 286 g/mol. The first-order chi connectivity index (χ1) is 9.14. The Morgan fingerprint density at radius 2 is 1.80 bits per heavy atom. The van der Waals surface area contributed by atoms with Crippen molar-refractivity contribution in [1.29, 1.82) is 0 Å². The van der Waals surface area contributed by atoms with Gasteiger partial charge in [-0.05, 0) is 18.6 Å². The number of nitrogens with two attached hydrogens (primary N) is 1. The van der Waals surface area contributed by atoms with Crippen LogP contribution >= 0.6 is 0 Å². The van der Waals surface area contributed by atoms with Crippen molar-refractivity contribution in [2.45, 2.75) is 31.6 Å². The normalized spacial score (nSPS) is 12.8. The highest BCUT2D eigenvalue weighted by molar-refractivity contribution is 5.67. The van der Waals surface area contributed by atoms with E-state index in [1.165, 1.54) is 0 Å². The first-order valence-electron chi connectivity index (χ1n) is 5.82.